The minimum Gasteiger partial charge on any atom is -0.465 e. The third-order valence-corrected chi connectivity index (χ3v) is 4.19. The highest BCUT2D eigenvalue weighted by molar-refractivity contribution is 6.71. The second-order valence-electron chi connectivity index (χ2n) is 5.69. The van der Waals surface area contributed by atoms with Crippen molar-refractivity contribution >= 4 is 46.5 Å². The number of carbonyl (C=O) groups is 1. The van der Waals surface area contributed by atoms with Crippen molar-refractivity contribution in [1.29, 1.82) is 5.41 Å². The second-order valence-corrected chi connectivity index (χ2v) is 6.05. The van der Waals surface area contributed by atoms with E-state index in [2.05, 4.69) is 21.9 Å². The minimum absolute atomic E-state index is 0.0158. The highest BCUT2D eigenvalue weighted by Gasteiger charge is 2.14. The monoisotopic (exact) mass is 383 g/mol. The molecule has 3 rings (SSSR count). The molecule has 0 atom stereocenters. The molecule has 1 aromatic heterocycles. The summed E-state index contributed by atoms with van der Waals surface area (Å²) in [6.07, 6.45) is 4.52. The Bertz CT molecular complexity index is 1070. The number of rotatable bonds is 6. The van der Waals surface area contributed by atoms with Gasteiger partial charge in [-0.05, 0) is 19.1 Å². The Hall–Kier alpha value is -3.19. The van der Waals surface area contributed by atoms with Crippen molar-refractivity contribution in [2.75, 3.05) is 11.9 Å². The standard InChI is InChI=1S/C19H18ClN5O2/c1-3-27-16(26)10-25-11-22-17-15(25)8-12(2)18(20)24-19(17)23-14-7-5-4-6-13(14)9-21/h4-9,11,21,23H,2-3,10H2,1H3. The van der Waals surface area contributed by atoms with Gasteiger partial charge in [0.15, 0.2) is 5.82 Å². The summed E-state index contributed by atoms with van der Waals surface area (Å²) in [7, 11) is 0. The number of aliphatic imine (C=N–C) groups is 1. The van der Waals surface area contributed by atoms with Crippen LogP contribution in [0.25, 0.3) is 11.9 Å². The van der Waals surface area contributed by atoms with Crippen molar-refractivity contribution in [3.8, 4) is 0 Å². The highest BCUT2D eigenvalue weighted by atomic mass is 35.5. The molecule has 0 bridgehead atoms. The number of benzene rings is 1. The van der Waals surface area contributed by atoms with Gasteiger partial charge in [0.25, 0.3) is 0 Å². The number of hydrogen-bond donors (Lipinski definition) is 2. The predicted molar refractivity (Wildman–Crippen MR) is 106 cm³/mol. The number of hydrogen-bond acceptors (Lipinski definition) is 6. The number of aromatic nitrogens is 2. The molecule has 7 nitrogen and oxygen atoms in total. The van der Waals surface area contributed by atoms with Crippen LogP contribution in [0.15, 0.2) is 47.7 Å². The predicted octanol–water partition coefficient (Wildman–Crippen LogP) is 1.61. The van der Waals surface area contributed by atoms with Gasteiger partial charge < -0.3 is 20.0 Å². The molecule has 0 spiro atoms. The number of fused-ring (bicyclic) bond motifs is 1. The Morgan fingerprint density at radius 1 is 1.44 bits per heavy atom. The van der Waals surface area contributed by atoms with E-state index in [1.165, 1.54) is 6.21 Å². The summed E-state index contributed by atoms with van der Waals surface area (Å²) in [6.45, 7) is 5.99. The van der Waals surface area contributed by atoms with Crippen molar-refractivity contribution < 1.29 is 9.53 Å². The van der Waals surface area contributed by atoms with Crippen molar-refractivity contribution in [3.63, 3.8) is 0 Å². The van der Waals surface area contributed by atoms with Gasteiger partial charge in [-0.1, -0.05) is 36.4 Å². The molecular weight excluding hydrogens is 366 g/mol. The van der Waals surface area contributed by atoms with Gasteiger partial charge in [0.1, 0.15) is 17.1 Å². The van der Waals surface area contributed by atoms with Crippen molar-refractivity contribution in [2.24, 2.45) is 4.99 Å². The van der Waals surface area contributed by atoms with Gasteiger partial charge in [0.05, 0.1) is 18.3 Å². The molecule has 0 saturated heterocycles. The SMILES string of the molecule is C=C1C=c2c(ncn2CC(=O)OCC)=C(Nc2ccccc2C=N)N=C1Cl. The van der Waals surface area contributed by atoms with Crippen LogP contribution in [-0.4, -0.2) is 33.5 Å². The number of halogens is 1. The number of anilines is 1. The first-order valence-corrected chi connectivity index (χ1v) is 8.64. The molecule has 2 N–H and O–H groups in total. The average molecular weight is 384 g/mol. The summed E-state index contributed by atoms with van der Waals surface area (Å²) < 4.78 is 6.67. The lowest BCUT2D eigenvalue weighted by molar-refractivity contribution is -0.143. The quantitative estimate of drug-likeness (QED) is 0.585. The van der Waals surface area contributed by atoms with Crippen LogP contribution in [0.3, 0.4) is 0 Å². The maximum Gasteiger partial charge on any atom is 0.325 e. The number of imidazole rings is 1. The molecule has 1 aromatic carbocycles. The van der Waals surface area contributed by atoms with E-state index in [0.29, 0.717) is 40.0 Å². The van der Waals surface area contributed by atoms with Gasteiger partial charge >= 0.3 is 5.97 Å². The molecule has 1 aliphatic heterocycles. The molecule has 0 unspecified atom stereocenters. The van der Waals surface area contributed by atoms with Crippen LogP contribution in [0.5, 0.6) is 0 Å². The zero-order valence-corrected chi connectivity index (χ0v) is 15.5. The number of carbonyl (C=O) groups excluding carboxylic acids is 1. The number of allylic oxidation sites excluding steroid dienone is 1. The van der Waals surface area contributed by atoms with Gasteiger partial charge in [-0.3, -0.25) is 4.79 Å². The van der Waals surface area contributed by atoms with E-state index in [0.717, 1.165) is 0 Å². The topological polar surface area (TPSA) is 92.4 Å². The fourth-order valence-electron chi connectivity index (χ4n) is 2.60. The Labute approximate surface area is 160 Å². The smallest absolute Gasteiger partial charge is 0.325 e. The van der Waals surface area contributed by atoms with Gasteiger partial charge in [0, 0.05) is 23.0 Å². The normalized spacial score (nSPS) is 13.2. The molecular formula is C19H18ClN5O2. The lowest BCUT2D eigenvalue weighted by Crippen LogP contribution is -2.34. The fraction of sp³-hybridized carbons (Fsp3) is 0.158. The molecule has 0 radical (unpaired) electrons. The molecule has 138 valence electrons. The Morgan fingerprint density at radius 2 is 2.22 bits per heavy atom. The van der Waals surface area contributed by atoms with Crippen LogP contribution in [0, 0.1) is 5.41 Å². The third kappa shape index (κ3) is 3.98. The van der Waals surface area contributed by atoms with E-state index in [1.54, 1.807) is 23.9 Å². The van der Waals surface area contributed by atoms with Crippen LogP contribution >= 0.6 is 11.6 Å². The second kappa shape index (κ2) is 8.01. The molecule has 0 fully saturated rings. The van der Waals surface area contributed by atoms with E-state index in [4.69, 9.17) is 21.7 Å². The first kappa shape index (κ1) is 18.6. The Morgan fingerprint density at radius 3 is 2.96 bits per heavy atom. The number of nitrogens with one attached hydrogen (secondary N) is 2. The summed E-state index contributed by atoms with van der Waals surface area (Å²) in [5.74, 6) is 0.0402. The van der Waals surface area contributed by atoms with Crippen LogP contribution in [0.1, 0.15) is 12.5 Å². The number of nitrogens with zero attached hydrogens (tertiary/aromatic N) is 3. The maximum atomic E-state index is 11.9. The summed E-state index contributed by atoms with van der Waals surface area (Å²) in [5, 5.41) is 12.1. The Kier molecular flexibility index (Phi) is 5.52. The summed E-state index contributed by atoms with van der Waals surface area (Å²) >= 11 is 6.25. The van der Waals surface area contributed by atoms with Crippen molar-refractivity contribution in [2.45, 2.75) is 13.5 Å². The summed E-state index contributed by atoms with van der Waals surface area (Å²) in [6, 6.07) is 7.33. The van der Waals surface area contributed by atoms with E-state index in [9.17, 15) is 4.79 Å². The van der Waals surface area contributed by atoms with Crippen molar-refractivity contribution in [3.05, 3.63) is 59.0 Å². The third-order valence-electron chi connectivity index (χ3n) is 3.86. The van der Waals surface area contributed by atoms with Gasteiger partial charge in [0.2, 0.25) is 0 Å². The minimum atomic E-state index is -0.364. The van der Waals surface area contributed by atoms with E-state index >= 15 is 0 Å². The van der Waals surface area contributed by atoms with Gasteiger partial charge in [-0.25, -0.2) is 9.98 Å². The number of para-hydroxylation sites is 1. The molecule has 2 aromatic rings. The van der Waals surface area contributed by atoms with Crippen LogP contribution < -0.4 is 16.0 Å². The molecule has 1 aliphatic rings. The Balaban J connectivity index is 2.12. The average Bonchev–Trinajstić information content (AvgIpc) is 2.98. The lowest BCUT2D eigenvalue weighted by atomic mass is 10.2. The molecule has 0 saturated carbocycles. The summed E-state index contributed by atoms with van der Waals surface area (Å²) in [4.78, 5) is 20.7. The molecule has 2 heterocycles. The first-order valence-electron chi connectivity index (χ1n) is 8.26. The largest absolute Gasteiger partial charge is 0.465 e. The zero-order valence-electron chi connectivity index (χ0n) is 14.7. The fourth-order valence-corrected chi connectivity index (χ4v) is 2.74. The number of esters is 1. The highest BCUT2D eigenvalue weighted by Crippen LogP contribution is 2.17. The lowest BCUT2D eigenvalue weighted by Gasteiger charge is -2.09. The zero-order chi connectivity index (χ0) is 19.4. The maximum absolute atomic E-state index is 11.9. The van der Waals surface area contributed by atoms with E-state index in [-0.39, 0.29) is 17.7 Å². The first-order chi connectivity index (χ1) is 13.0. The van der Waals surface area contributed by atoms with Crippen molar-refractivity contribution in [1.82, 2.24) is 9.55 Å². The summed E-state index contributed by atoms with van der Waals surface area (Å²) in [5.41, 5.74) is 1.88. The van der Waals surface area contributed by atoms with Gasteiger partial charge in [-0.15, -0.1) is 0 Å². The van der Waals surface area contributed by atoms with E-state index in [1.807, 2.05) is 24.3 Å². The molecule has 0 aliphatic carbocycles. The van der Waals surface area contributed by atoms with Gasteiger partial charge in [-0.2, -0.15) is 0 Å². The van der Waals surface area contributed by atoms with Crippen LogP contribution in [0.4, 0.5) is 5.69 Å². The van der Waals surface area contributed by atoms with Crippen LogP contribution in [0.2, 0.25) is 0 Å². The van der Waals surface area contributed by atoms with Crippen LogP contribution in [-0.2, 0) is 16.1 Å². The molecule has 0 amide bonds. The molecule has 8 heteroatoms. The molecule has 27 heavy (non-hydrogen) atoms. The number of ether oxygens (including phenoxy) is 1. The van der Waals surface area contributed by atoms with E-state index < -0.39 is 0 Å².